The second kappa shape index (κ2) is 19.3. The minimum absolute atomic E-state index is 0. The average Bonchev–Trinajstić information content (AvgIpc) is 3.95. The Morgan fingerprint density at radius 1 is 0.537 bits per heavy atom. The first-order valence-corrected chi connectivity index (χ1v) is 24.5. The molecule has 54 heavy (non-hydrogen) atoms. The second-order valence-electron chi connectivity index (χ2n) is 13.8. The molecular weight excluding hydrogens is 799 g/mol. The van der Waals surface area contributed by atoms with Crippen LogP contribution in [0, 0.1) is 27.7 Å². The van der Waals surface area contributed by atoms with Crippen LogP contribution < -0.4 is 0 Å². The number of hydrogen-bond acceptors (Lipinski definition) is 2. The summed E-state index contributed by atoms with van der Waals surface area (Å²) in [6, 6.07) is 43.2. The molecule has 0 radical (unpaired) electrons. The van der Waals surface area contributed by atoms with Crippen molar-refractivity contribution in [1.29, 1.82) is 0 Å². The summed E-state index contributed by atoms with van der Waals surface area (Å²) in [6.45, 7) is 17.5. The fourth-order valence-electron chi connectivity index (χ4n) is 7.19. The Kier molecular flexibility index (Phi) is 15.4. The summed E-state index contributed by atoms with van der Waals surface area (Å²) in [5.41, 5.74) is 13.4. The third-order valence-electron chi connectivity index (χ3n) is 9.69. The first-order chi connectivity index (χ1) is 25.1. The Labute approximate surface area is 348 Å². The van der Waals surface area contributed by atoms with Gasteiger partial charge in [0.25, 0.3) is 0 Å². The normalized spacial score (nSPS) is 10.6. The van der Waals surface area contributed by atoms with Crippen LogP contribution >= 0.6 is 24.8 Å². The van der Waals surface area contributed by atoms with Gasteiger partial charge in [0, 0.05) is 0 Å². The number of halogens is 2. The van der Waals surface area contributed by atoms with Gasteiger partial charge in [0.15, 0.2) is 0 Å². The molecule has 0 saturated carbocycles. The van der Waals surface area contributed by atoms with E-state index >= 15 is 0 Å². The van der Waals surface area contributed by atoms with Crippen LogP contribution in [0.3, 0.4) is 0 Å². The number of aryl methyl sites for hydroxylation is 4. The molecule has 8 rings (SSSR count). The van der Waals surface area contributed by atoms with Gasteiger partial charge in [-0.2, -0.15) is 0 Å². The molecule has 0 saturated heterocycles. The number of fused-ring (bicyclic) bond motifs is 2. The molecule has 0 aliphatic heterocycles. The average molecular weight is 849 g/mol. The van der Waals surface area contributed by atoms with E-state index in [-0.39, 0.29) is 30.2 Å². The van der Waals surface area contributed by atoms with Crippen molar-refractivity contribution in [3.05, 3.63) is 155 Å². The van der Waals surface area contributed by atoms with Crippen LogP contribution in [0.15, 0.2) is 130 Å². The first kappa shape index (κ1) is 43.1. The van der Waals surface area contributed by atoms with Crippen LogP contribution in [0.4, 0.5) is 0 Å². The van der Waals surface area contributed by atoms with E-state index in [1.807, 2.05) is 26.0 Å². The maximum absolute atomic E-state index is 5.83. The summed E-state index contributed by atoms with van der Waals surface area (Å²) in [7, 11) is 0. The predicted octanol–water partition coefficient (Wildman–Crippen LogP) is 15.0. The second-order valence-corrected chi connectivity index (χ2v) is 23.2. The van der Waals surface area contributed by atoms with Crippen LogP contribution in [-0.2, 0) is 36.2 Å². The van der Waals surface area contributed by atoms with Gasteiger partial charge in [0.2, 0.25) is 0 Å². The van der Waals surface area contributed by atoms with Gasteiger partial charge in [-0.05, 0) is 87.1 Å². The van der Waals surface area contributed by atoms with E-state index < -0.39 is 0 Å². The number of hydrogen-bond donors (Lipinski definition) is 0. The van der Waals surface area contributed by atoms with Gasteiger partial charge < -0.3 is 8.83 Å². The molecule has 6 aromatic carbocycles. The molecule has 276 valence electrons. The molecule has 6 heteroatoms. The maximum Gasteiger partial charge on any atom is -0.147 e. The smallest absolute Gasteiger partial charge is 0.147 e. The van der Waals surface area contributed by atoms with Crippen LogP contribution in [0.5, 0.6) is 0 Å². The van der Waals surface area contributed by atoms with E-state index in [0.717, 1.165) is 47.0 Å². The molecule has 0 amide bonds. The first-order valence-electron chi connectivity index (χ1n) is 18.3. The minimum Gasteiger partial charge on any atom is -0.147 e. The van der Waals surface area contributed by atoms with Crippen LogP contribution in [0.1, 0.15) is 47.6 Å². The van der Waals surface area contributed by atoms with Crippen molar-refractivity contribution in [2.75, 3.05) is 0 Å². The molecule has 0 unspecified atom stereocenters. The van der Waals surface area contributed by atoms with Crippen LogP contribution in [-0.4, -0.2) is 5.43 Å². The van der Waals surface area contributed by atoms with E-state index in [0.29, 0.717) is 0 Å². The molecule has 2 heterocycles. The topological polar surface area (TPSA) is 26.3 Å². The fraction of sp³-hybridized carbons (Fsp3) is 0.208. The van der Waals surface area contributed by atoms with Gasteiger partial charge in [-0.1, -0.05) is 108 Å². The Hall–Kier alpha value is -3.66. The molecule has 2 nitrogen and oxygen atoms in total. The van der Waals surface area contributed by atoms with E-state index in [1.54, 1.807) is 23.3 Å². The standard InChI is InChI=1S/2C23H21O.C2H6Si.2ClH.Zr/c2*1-4-17-12-19-13-20(22-11-10-15(2)24-22)14-21(19)23(16(17)3)18-8-6-5-7-9-18;1-3-2;;;/h2*5-14H,4H2,1-3H3;1-2H3;2*1H;/q2*-1;;;;+2. The number of furan rings is 2. The largest absolute Gasteiger partial charge is 0.147 e. The van der Waals surface area contributed by atoms with Crippen molar-refractivity contribution < 1.29 is 32.2 Å². The summed E-state index contributed by atoms with van der Waals surface area (Å²) in [4.78, 5) is 0. The van der Waals surface area contributed by atoms with E-state index in [4.69, 9.17) is 8.83 Å². The van der Waals surface area contributed by atoms with E-state index in [1.165, 1.54) is 66.1 Å². The Balaban J connectivity index is 0.000000212. The predicted molar refractivity (Wildman–Crippen MR) is 235 cm³/mol. The Morgan fingerprint density at radius 2 is 0.889 bits per heavy atom. The molecule has 0 atom stereocenters. The van der Waals surface area contributed by atoms with Gasteiger partial charge in [-0.3, -0.25) is 0 Å². The van der Waals surface area contributed by atoms with Crippen LogP contribution in [0.2, 0.25) is 13.1 Å². The van der Waals surface area contributed by atoms with Gasteiger partial charge in [0.1, 0.15) is 0 Å². The van der Waals surface area contributed by atoms with Crippen molar-refractivity contribution in [2.45, 2.75) is 67.5 Å². The number of benzene rings is 4. The number of rotatable bonds is 6. The van der Waals surface area contributed by atoms with Gasteiger partial charge in [0.05, 0.1) is 23.0 Å². The van der Waals surface area contributed by atoms with Crippen LogP contribution in [0.25, 0.3) is 66.4 Å². The van der Waals surface area contributed by atoms with E-state index in [9.17, 15) is 0 Å². The van der Waals surface area contributed by atoms with E-state index in [2.05, 4.69) is 150 Å². The Morgan fingerprint density at radius 3 is 1.19 bits per heavy atom. The molecule has 0 aliphatic rings. The molecule has 2 aromatic heterocycles. The Bertz CT molecular complexity index is 2290. The van der Waals surface area contributed by atoms with Crippen molar-refractivity contribution in [1.82, 2.24) is 0 Å². The summed E-state index contributed by atoms with van der Waals surface area (Å²) in [5, 5.41) is 5.20. The summed E-state index contributed by atoms with van der Waals surface area (Å²) < 4.78 is 11.7. The van der Waals surface area contributed by atoms with Gasteiger partial charge >= 0.3 is 41.9 Å². The summed E-state index contributed by atoms with van der Waals surface area (Å²) >= 11 is 1.74. The molecule has 0 aliphatic carbocycles. The molecule has 0 fully saturated rings. The van der Waals surface area contributed by atoms with Crippen molar-refractivity contribution in [2.24, 2.45) is 0 Å². The third kappa shape index (κ3) is 9.58. The molecule has 0 bridgehead atoms. The zero-order chi connectivity index (χ0) is 36.9. The van der Waals surface area contributed by atoms with Crippen molar-refractivity contribution in [3.8, 4) is 44.9 Å². The van der Waals surface area contributed by atoms with Gasteiger partial charge in [-0.15, -0.1) is 82.8 Å². The third-order valence-corrected chi connectivity index (χ3v) is 9.69. The quantitative estimate of drug-likeness (QED) is 0.123. The molecule has 0 spiro atoms. The van der Waals surface area contributed by atoms with Crippen molar-refractivity contribution in [3.63, 3.8) is 0 Å². The zero-order valence-corrected chi connectivity index (χ0v) is 37.7. The maximum atomic E-state index is 5.83. The SMILES string of the molecule is CCc1cc2[cH-]c(-c3ccc(C)o3)cc2c(-c2ccccc2)c1C.CCc1cc2[cH-]c(-c3ccc(C)o3)cc2c(-c2ccccc2)c1C.C[Si](C)=[Zr+2].Cl.Cl. The van der Waals surface area contributed by atoms with Gasteiger partial charge in [-0.25, -0.2) is 0 Å². The molecular formula is C48H50Cl2O2SiZr. The summed E-state index contributed by atoms with van der Waals surface area (Å²) in [5.74, 6) is 3.78. The van der Waals surface area contributed by atoms with Crippen molar-refractivity contribution >= 4 is 51.8 Å². The minimum atomic E-state index is 0. The molecule has 0 N–H and O–H groups in total. The zero-order valence-electron chi connectivity index (χ0n) is 32.6. The molecule has 8 aromatic rings. The fourth-order valence-corrected chi connectivity index (χ4v) is 7.19. The monoisotopic (exact) mass is 846 g/mol. The summed E-state index contributed by atoms with van der Waals surface area (Å²) in [6.07, 6.45) is 2.09.